The second-order valence-electron chi connectivity index (χ2n) is 7.10. The van der Waals surface area contributed by atoms with Crippen LogP contribution in [0.25, 0.3) is 42.5 Å². The molecule has 212 valence electrons. The number of thiophene rings is 2. The molecule has 42 heavy (non-hydrogen) atoms. The molecule has 0 aliphatic heterocycles. The molecule has 18 heteroatoms. The van der Waals surface area contributed by atoms with Gasteiger partial charge in [-0.3, -0.25) is 9.59 Å². The molecule has 0 aliphatic carbocycles. The quantitative estimate of drug-likeness (QED) is 0.145. The summed E-state index contributed by atoms with van der Waals surface area (Å²) in [5, 5.41) is 0. The Bertz CT molecular complexity index is 1680. The first kappa shape index (κ1) is 37.1. The monoisotopic (exact) mass is 714 g/mol. The van der Waals surface area contributed by atoms with Crippen LogP contribution >= 0.6 is 39.8 Å². The number of hydrogen-bond acceptors (Lipinski definition) is 10. The molecule has 5 rings (SSSR count). The van der Waals surface area contributed by atoms with Crippen molar-refractivity contribution in [3.05, 3.63) is 58.4 Å². The summed E-state index contributed by atoms with van der Waals surface area (Å²) in [4.78, 5) is 56.5. The van der Waals surface area contributed by atoms with Crippen LogP contribution in [-0.4, -0.2) is 58.4 Å². The number of methoxy groups -OCH3 is 2. The first-order valence-electron chi connectivity index (χ1n) is 10.7. The second-order valence-corrected chi connectivity index (χ2v) is 11.1. The summed E-state index contributed by atoms with van der Waals surface area (Å²) in [5.74, 6) is 6.43. The number of ether oxygens (including phenoxy) is 2. The van der Waals surface area contributed by atoms with E-state index in [2.05, 4.69) is 53.4 Å². The molecule has 2 amide bonds. The molecule has 0 spiro atoms. The van der Waals surface area contributed by atoms with Crippen LogP contribution in [0.5, 0.6) is 0 Å². The molecule has 12 nitrogen and oxygen atoms in total. The maximum absolute atomic E-state index is 10.5. The van der Waals surface area contributed by atoms with Gasteiger partial charge < -0.3 is 40.5 Å². The Morgan fingerprint density at radius 1 is 0.905 bits per heavy atom. The number of aromatic nitrogens is 4. The molecule has 0 fully saturated rings. The van der Waals surface area contributed by atoms with Gasteiger partial charge in [0.05, 0.1) is 58.0 Å². The zero-order valence-electron chi connectivity index (χ0n) is 21.5. The predicted octanol–water partition coefficient (Wildman–Crippen LogP) is 4.98. The Kier molecular flexibility index (Phi) is 16.4. The number of H-pyrrole nitrogens is 2. The second kappa shape index (κ2) is 18.5. The number of imidazole rings is 2. The Hall–Kier alpha value is -2.97. The standard InChI is InChI=1S/C20H10N4O2P2S2.2C2H5NO2.2V/c25-9-27-19-21-8-15(24-19)16-7-18-17(30-16)6-12(29-18)3-1-11-2-4-13-14(5-11)23-20(22-13)28-10-26;2*1-5-2(3)4;;/h2,4-8,27-28H,(H,21,24)(H,22,23);2*1H3,(H2,3,4);;/q-2;;;2*+2/p-2. The summed E-state index contributed by atoms with van der Waals surface area (Å²) in [6, 6.07) is 13.7. The number of nitrogens with zero attached hydrogens (tertiary/aromatic N) is 2. The van der Waals surface area contributed by atoms with Gasteiger partial charge in [-0.2, -0.15) is 17.2 Å². The van der Waals surface area contributed by atoms with E-state index in [0.717, 1.165) is 46.3 Å². The van der Waals surface area contributed by atoms with Crippen molar-refractivity contribution in [1.82, 2.24) is 19.9 Å². The molecule has 2 unspecified atom stereocenters. The molecular weight excluding hydrogens is 696 g/mol. The van der Waals surface area contributed by atoms with E-state index < -0.39 is 12.2 Å². The third-order valence-corrected chi connectivity index (χ3v) is 7.98. The first-order chi connectivity index (χ1) is 19.3. The van der Waals surface area contributed by atoms with Gasteiger partial charge in [-0.1, -0.05) is 11.8 Å². The summed E-state index contributed by atoms with van der Waals surface area (Å²) in [6.07, 6.45) is -0.240. The van der Waals surface area contributed by atoms with Crippen LogP contribution in [0.3, 0.4) is 0 Å². The van der Waals surface area contributed by atoms with E-state index >= 15 is 0 Å². The van der Waals surface area contributed by atoms with Crippen molar-refractivity contribution in [3.8, 4) is 22.4 Å². The van der Waals surface area contributed by atoms with Gasteiger partial charge >= 0.3 is 37.1 Å². The van der Waals surface area contributed by atoms with Gasteiger partial charge in [-0.05, 0) is 30.3 Å². The van der Waals surface area contributed by atoms with E-state index in [-0.39, 0.29) is 54.3 Å². The van der Waals surface area contributed by atoms with Gasteiger partial charge in [0.15, 0.2) is 0 Å². The zero-order chi connectivity index (χ0) is 29.1. The molecule has 2 radical (unpaired) electrons. The molecule has 0 bridgehead atoms. The van der Waals surface area contributed by atoms with Gasteiger partial charge in [0.2, 0.25) is 12.2 Å². The van der Waals surface area contributed by atoms with Crippen LogP contribution in [0.4, 0.5) is 9.59 Å². The van der Waals surface area contributed by atoms with Gasteiger partial charge in [0.25, 0.3) is 0 Å². The molecule has 0 saturated heterocycles. The van der Waals surface area contributed by atoms with Gasteiger partial charge in [-0.25, -0.2) is 22.0 Å². The van der Waals surface area contributed by atoms with E-state index in [0.29, 0.717) is 11.1 Å². The van der Waals surface area contributed by atoms with Crippen LogP contribution in [0.1, 0.15) is 10.4 Å². The van der Waals surface area contributed by atoms with Gasteiger partial charge in [0.1, 0.15) is 0 Å². The van der Waals surface area contributed by atoms with Gasteiger partial charge in [-0.15, -0.1) is 22.7 Å². The number of benzene rings is 1. The maximum atomic E-state index is 10.5. The Morgan fingerprint density at radius 2 is 1.52 bits per heavy atom. The van der Waals surface area contributed by atoms with Crippen LogP contribution in [-0.2, 0) is 56.2 Å². The molecule has 0 aliphatic rings. The first-order valence-corrected chi connectivity index (χ1v) is 14.4. The number of rotatable bonds is 5. The van der Waals surface area contributed by atoms with Crippen LogP contribution in [0.15, 0.2) is 36.5 Å². The van der Waals surface area contributed by atoms with E-state index in [9.17, 15) is 19.2 Å². The number of fused-ring (bicyclic) bond motifs is 2. The molecule has 4 heterocycles. The van der Waals surface area contributed by atoms with Crippen molar-refractivity contribution in [3.63, 3.8) is 0 Å². The predicted molar refractivity (Wildman–Crippen MR) is 160 cm³/mol. The SMILES string of the molecule is COC([NH-])=O.COC([NH-])=O.O=[C-]Pc1ncc(-c2cc3sc(C#Cc4ccc5nc(P[C-]=O)[nH]c5c4)cc3s2)[nH]1.[V+2].[V+2]. The minimum atomic E-state index is -0.995. The molecule has 0 saturated carbocycles. The fourth-order valence-corrected chi connectivity index (χ4v) is 6.03. The number of nitrogens with one attached hydrogen (secondary N) is 4. The van der Waals surface area contributed by atoms with E-state index in [1.54, 1.807) is 28.9 Å². The van der Waals surface area contributed by atoms with Crippen LogP contribution in [0.2, 0.25) is 0 Å². The summed E-state index contributed by atoms with van der Waals surface area (Å²) in [7, 11) is 2.15. The number of carbonyl (C=O) groups excluding carboxylic acids is 4. The normalized spacial score (nSPS) is 9.95. The topological polar surface area (TPSA) is 192 Å². The number of amides is 2. The number of carbonyl (C=O) groups is 2. The minimum Gasteiger partial charge on any atom is -0.632 e. The van der Waals surface area contributed by atoms with Gasteiger partial charge in [0, 0.05) is 15.0 Å². The van der Waals surface area contributed by atoms with Crippen molar-refractivity contribution in [1.29, 1.82) is 0 Å². The van der Waals surface area contributed by atoms with Crippen molar-refractivity contribution in [2.24, 2.45) is 0 Å². The average Bonchev–Trinajstić information content (AvgIpc) is 3.71. The maximum Gasteiger partial charge on any atom is 2.00 e. The third-order valence-electron chi connectivity index (χ3n) is 4.57. The molecular formula is C24H18N6O6P2S2V2. The average molecular weight is 714 g/mol. The van der Waals surface area contributed by atoms with E-state index in [1.807, 2.05) is 30.3 Å². The molecule has 5 aromatic rings. The largest absolute Gasteiger partial charge is 2.00 e. The van der Waals surface area contributed by atoms with E-state index in [4.69, 9.17) is 11.5 Å². The molecule has 4 N–H and O–H groups in total. The van der Waals surface area contributed by atoms with E-state index in [1.165, 1.54) is 9.40 Å². The third kappa shape index (κ3) is 11.0. The fraction of sp³-hybridized carbons (Fsp3) is 0.0833. The summed E-state index contributed by atoms with van der Waals surface area (Å²) in [5.41, 5.74) is 16.7. The number of hydrogen-bond donors (Lipinski definition) is 2. The van der Waals surface area contributed by atoms with Crippen molar-refractivity contribution in [2.75, 3.05) is 14.2 Å². The Morgan fingerprint density at radius 3 is 2.12 bits per heavy atom. The van der Waals surface area contributed by atoms with Crippen LogP contribution in [0, 0.1) is 11.8 Å². The van der Waals surface area contributed by atoms with Crippen LogP contribution < -0.4 is 11.1 Å². The van der Waals surface area contributed by atoms with Crippen molar-refractivity contribution in [2.45, 2.75) is 0 Å². The molecule has 4 aromatic heterocycles. The summed E-state index contributed by atoms with van der Waals surface area (Å²) < 4.78 is 9.89. The smallest absolute Gasteiger partial charge is 0.632 e. The Labute approximate surface area is 274 Å². The molecule has 1 aromatic carbocycles. The Balaban J connectivity index is 0.000000640. The van der Waals surface area contributed by atoms with Crippen molar-refractivity contribution >= 4 is 95.6 Å². The molecule has 2 atom stereocenters. The summed E-state index contributed by atoms with van der Waals surface area (Å²) >= 11 is 3.31. The minimum absolute atomic E-state index is 0. The zero-order valence-corrected chi connectivity index (χ0v) is 27.9. The number of aromatic amines is 2. The fourth-order valence-electron chi connectivity index (χ4n) is 2.92. The van der Waals surface area contributed by atoms with Crippen molar-refractivity contribution < 1.29 is 65.8 Å². The summed E-state index contributed by atoms with van der Waals surface area (Å²) in [6.45, 7) is 0.